The quantitative estimate of drug-likeness (QED) is 0.258. The van der Waals surface area contributed by atoms with E-state index in [1.54, 1.807) is 48.6 Å². The van der Waals surface area contributed by atoms with Gasteiger partial charge in [0.15, 0.2) is 10.6 Å². The van der Waals surface area contributed by atoms with Gasteiger partial charge in [0.25, 0.3) is 0 Å². The molecule has 0 radical (unpaired) electrons. The van der Waals surface area contributed by atoms with E-state index in [-0.39, 0.29) is 39.6 Å². The van der Waals surface area contributed by atoms with Crippen LogP contribution in [0.5, 0.6) is 0 Å². The smallest absolute Gasteiger partial charge is 0.227 e. The molecule has 2 aliphatic carbocycles. The molecule has 0 spiro atoms. The van der Waals surface area contributed by atoms with Gasteiger partial charge in [0, 0.05) is 0 Å². The average Bonchev–Trinajstić information content (AvgIpc) is 2.80. The fourth-order valence-corrected chi connectivity index (χ4v) is 4.55. The number of aliphatic hydroxyl groups excluding tert-OH is 2. The van der Waals surface area contributed by atoms with Crippen molar-refractivity contribution in [2.75, 3.05) is 52.9 Å². The van der Waals surface area contributed by atoms with Crippen molar-refractivity contribution in [3.05, 3.63) is 48.6 Å². The van der Waals surface area contributed by atoms with Gasteiger partial charge in [-0.25, -0.2) is 0 Å². The molecule has 0 aromatic rings. The molecule has 0 fully saturated rings. The SMILES string of the molecule is [O-][P+](OCCO)=C1C=CC=CC1OCCOCCOC1C=CC=CC1=[P+]([O-])OCCO. The molecule has 0 aromatic carbocycles. The molecule has 0 heterocycles. The summed E-state index contributed by atoms with van der Waals surface area (Å²) in [5.74, 6) is 0. The largest absolute Gasteiger partial charge is 0.603 e. The van der Waals surface area contributed by atoms with Crippen LogP contribution in [0.4, 0.5) is 0 Å². The summed E-state index contributed by atoms with van der Waals surface area (Å²) in [6.07, 6.45) is 13.1. The summed E-state index contributed by atoms with van der Waals surface area (Å²) < 4.78 is 27.1. The Morgan fingerprint density at radius 2 is 1.13 bits per heavy atom. The first kappa shape index (κ1) is 26.2. The Balaban J connectivity index is 1.68. The van der Waals surface area contributed by atoms with Gasteiger partial charge >= 0.3 is 0 Å². The number of ether oxygens (including phenoxy) is 3. The Bertz CT molecular complexity index is 668. The van der Waals surface area contributed by atoms with E-state index in [2.05, 4.69) is 0 Å². The van der Waals surface area contributed by atoms with E-state index in [1.807, 2.05) is 0 Å². The molecule has 0 aromatic heterocycles. The lowest BCUT2D eigenvalue weighted by Gasteiger charge is -2.17. The zero-order valence-corrected chi connectivity index (χ0v) is 18.9. The van der Waals surface area contributed by atoms with E-state index >= 15 is 0 Å². The lowest BCUT2D eigenvalue weighted by atomic mass is 10.1. The minimum Gasteiger partial charge on any atom is -0.603 e. The zero-order valence-electron chi connectivity index (χ0n) is 17.1. The Morgan fingerprint density at radius 3 is 1.55 bits per heavy atom. The van der Waals surface area contributed by atoms with E-state index in [0.29, 0.717) is 23.8 Å². The van der Waals surface area contributed by atoms with Crippen molar-refractivity contribution in [1.29, 1.82) is 0 Å². The molecule has 9 nitrogen and oxygen atoms in total. The lowest BCUT2D eigenvalue weighted by molar-refractivity contribution is -0.173. The van der Waals surface area contributed by atoms with E-state index in [0.717, 1.165) is 0 Å². The molecular formula is C20H28O9P2. The first-order valence-electron chi connectivity index (χ1n) is 9.83. The first-order valence-corrected chi connectivity index (χ1v) is 12.2. The number of hydrogen-bond donors (Lipinski definition) is 2. The predicted octanol–water partition coefficient (Wildman–Crippen LogP) is -0.268. The molecule has 0 saturated carbocycles. The fourth-order valence-electron chi connectivity index (χ4n) is 2.60. The normalized spacial score (nSPS) is 23.5. The minimum absolute atomic E-state index is 0.000975. The van der Waals surface area contributed by atoms with Gasteiger partial charge in [-0.2, -0.15) is 9.05 Å². The van der Waals surface area contributed by atoms with Crippen LogP contribution >= 0.6 is 16.0 Å². The molecule has 0 amide bonds. The van der Waals surface area contributed by atoms with Gasteiger partial charge in [-0.05, 0) is 24.3 Å². The van der Waals surface area contributed by atoms with Crippen LogP contribution in [0.25, 0.3) is 0 Å². The van der Waals surface area contributed by atoms with Gasteiger partial charge in [0.1, 0.15) is 25.4 Å². The third-order valence-corrected chi connectivity index (χ3v) is 6.47. The van der Waals surface area contributed by atoms with Crippen molar-refractivity contribution >= 4 is 26.6 Å². The number of allylic oxidation sites excluding steroid dienone is 4. The average molecular weight is 474 g/mol. The summed E-state index contributed by atoms with van der Waals surface area (Å²) in [7, 11) is -4.15. The first-order chi connectivity index (χ1) is 15.2. The second kappa shape index (κ2) is 15.7. The van der Waals surface area contributed by atoms with Crippen LogP contribution in [0.3, 0.4) is 0 Å². The Hall–Kier alpha value is -1.06. The summed E-state index contributed by atoms with van der Waals surface area (Å²) in [5, 5.41) is 18.6. The van der Waals surface area contributed by atoms with Crippen molar-refractivity contribution in [2.24, 2.45) is 0 Å². The molecule has 2 N–H and O–H groups in total. The molecular weight excluding hydrogens is 446 g/mol. The van der Waals surface area contributed by atoms with Crippen LogP contribution in [0.1, 0.15) is 0 Å². The second-order valence-electron chi connectivity index (χ2n) is 6.16. The highest BCUT2D eigenvalue weighted by atomic mass is 31.1. The van der Waals surface area contributed by atoms with Gasteiger partial charge in [0.2, 0.25) is 16.0 Å². The summed E-state index contributed by atoms with van der Waals surface area (Å²) >= 11 is 0. The predicted molar refractivity (Wildman–Crippen MR) is 117 cm³/mol. The van der Waals surface area contributed by atoms with Crippen LogP contribution in [0, 0.1) is 0 Å². The van der Waals surface area contributed by atoms with Crippen LogP contribution < -0.4 is 9.79 Å². The van der Waals surface area contributed by atoms with Gasteiger partial charge in [-0.15, -0.1) is 0 Å². The minimum atomic E-state index is -2.08. The molecule has 2 aliphatic rings. The van der Waals surface area contributed by atoms with Crippen molar-refractivity contribution in [3.8, 4) is 0 Å². The van der Waals surface area contributed by atoms with Crippen molar-refractivity contribution in [1.82, 2.24) is 0 Å². The molecule has 172 valence electrons. The Morgan fingerprint density at radius 1 is 0.677 bits per heavy atom. The summed E-state index contributed by atoms with van der Waals surface area (Å²) in [6, 6.07) is 0. The topological polar surface area (TPSA) is 133 Å². The van der Waals surface area contributed by atoms with E-state index in [1.165, 1.54) is 0 Å². The van der Waals surface area contributed by atoms with Gasteiger partial charge in [-0.1, -0.05) is 24.3 Å². The maximum Gasteiger partial charge on any atom is 0.227 e. The summed E-state index contributed by atoms with van der Waals surface area (Å²) in [4.78, 5) is 24.3. The molecule has 0 bridgehead atoms. The standard InChI is InChI=1S/C20H28O9P2/c21-9-11-28-30(23)19-7-3-1-5-17(19)26-15-13-25-14-16-27-18-6-2-4-8-20(18)31(24)29-12-10-22/h1-8,17-18,21-22H,9-16H2. The van der Waals surface area contributed by atoms with Crippen LogP contribution in [-0.2, 0) is 23.3 Å². The Labute approximate surface area is 184 Å². The fraction of sp³-hybridized carbons (Fsp3) is 0.500. The third-order valence-electron chi connectivity index (χ3n) is 3.98. The molecule has 0 aliphatic heterocycles. The lowest BCUT2D eigenvalue weighted by Crippen LogP contribution is -2.27. The highest BCUT2D eigenvalue weighted by Crippen LogP contribution is 2.23. The molecule has 31 heavy (non-hydrogen) atoms. The van der Waals surface area contributed by atoms with E-state index in [9.17, 15) is 9.79 Å². The monoisotopic (exact) mass is 474 g/mol. The van der Waals surface area contributed by atoms with Crippen molar-refractivity contribution < 1.29 is 43.3 Å². The van der Waals surface area contributed by atoms with Crippen LogP contribution in [0.2, 0.25) is 0 Å². The van der Waals surface area contributed by atoms with Gasteiger partial charge in [0.05, 0.1) is 39.6 Å². The molecule has 2 rings (SSSR count). The highest BCUT2D eigenvalue weighted by Gasteiger charge is 2.23. The van der Waals surface area contributed by atoms with E-state index < -0.39 is 28.2 Å². The molecule has 11 heteroatoms. The summed E-state index contributed by atoms with van der Waals surface area (Å²) in [5.41, 5.74) is 0. The van der Waals surface area contributed by atoms with Gasteiger partial charge < -0.3 is 34.2 Å². The van der Waals surface area contributed by atoms with Crippen LogP contribution in [0.15, 0.2) is 48.6 Å². The number of aliphatic hydroxyl groups is 2. The van der Waals surface area contributed by atoms with Crippen LogP contribution in [-0.4, -0.2) is 85.9 Å². The zero-order chi connectivity index (χ0) is 22.3. The molecule has 0 saturated heterocycles. The van der Waals surface area contributed by atoms with Crippen molar-refractivity contribution in [2.45, 2.75) is 12.2 Å². The number of hydrogen-bond acceptors (Lipinski definition) is 9. The van der Waals surface area contributed by atoms with Crippen molar-refractivity contribution in [3.63, 3.8) is 0 Å². The van der Waals surface area contributed by atoms with Gasteiger partial charge in [-0.3, -0.25) is 0 Å². The molecule has 4 atom stereocenters. The maximum absolute atomic E-state index is 12.1. The second-order valence-corrected chi connectivity index (χ2v) is 8.74. The van der Waals surface area contributed by atoms with E-state index in [4.69, 9.17) is 33.5 Å². The maximum atomic E-state index is 12.1. The highest BCUT2D eigenvalue weighted by molar-refractivity contribution is 7.47. The third kappa shape index (κ3) is 9.53. The Kier molecular flexibility index (Phi) is 13.3. The summed E-state index contributed by atoms with van der Waals surface area (Å²) in [6.45, 7) is 0.771. The number of rotatable bonds is 14. The molecule has 4 unspecified atom stereocenters.